The largest absolute Gasteiger partial charge is 0.496 e. The van der Waals surface area contributed by atoms with Gasteiger partial charge in [-0.2, -0.15) is 5.26 Å². The predicted octanol–water partition coefficient (Wildman–Crippen LogP) is 4.91. The first-order chi connectivity index (χ1) is 15.1. The Kier molecular flexibility index (Phi) is 8.63. The van der Waals surface area contributed by atoms with Gasteiger partial charge in [0.25, 0.3) is 0 Å². The van der Waals surface area contributed by atoms with Crippen LogP contribution in [0.4, 0.5) is 10.5 Å². The number of hydrogen-bond acceptors (Lipinski definition) is 5. The van der Waals surface area contributed by atoms with Gasteiger partial charge in [0, 0.05) is 22.8 Å². The molecule has 0 saturated carbocycles. The van der Waals surface area contributed by atoms with Crippen molar-refractivity contribution in [1.82, 2.24) is 10.2 Å². The molecule has 2 N–H and O–H groups in total. The molecular formula is C24H30N4O2S. The van der Waals surface area contributed by atoms with E-state index in [0.29, 0.717) is 12.3 Å². The maximum atomic E-state index is 12.7. The Labute approximate surface area is 189 Å². The highest BCUT2D eigenvalue weighted by molar-refractivity contribution is 7.99. The Morgan fingerprint density at radius 1 is 1.19 bits per heavy atom. The van der Waals surface area contributed by atoms with Crippen molar-refractivity contribution in [2.24, 2.45) is 5.92 Å². The fourth-order valence-electron chi connectivity index (χ4n) is 3.73. The van der Waals surface area contributed by atoms with Gasteiger partial charge in [-0.05, 0) is 51.1 Å². The number of thioether (sulfide) groups is 1. The number of carbonyl (C=O) groups excluding carboxylic acids is 1. The van der Waals surface area contributed by atoms with Crippen molar-refractivity contribution in [3.05, 3.63) is 54.1 Å². The van der Waals surface area contributed by atoms with Gasteiger partial charge >= 0.3 is 6.03 Å². The summed E-state index contributed by atoms with van der Waals surface area (Å²) in [4.78, 5) is 16.1. The number of hydrogen-bond donors (Lipinski definition) is 2. The van der Waals surface area contributed by atoms with E-state index in [2.05, 4.69) is 27.7 Å². The minimum atomic E-state index is -0.236. The highest BCUT2D eigenvalue weighted by Crippen LogP contribution is 2.31. The molecule has 2 amide bonds. The van der Waals surface area contributed by atoms with E-state index in [4.69, 9.17) is 10.00 Å². The molecule has 0 aromatic heterocycles. The summed E-state index contributed by atoms with van der Waals surface area (Å²) in [6.07, 6.45) is 2.34. The van der Waals surface area contributed by atoms with Gasteiger partial charge in [-0.15, -0.1) is 11.8 Å². The summed E-state index contributed by atoms with van der Waals surface area (Å²) < 4.78 is 5.58. The van der Waals surface area contributed by atoms with Crippen molar-refractivity contribution in [2.45, 2.75) is 30.7 Å². The van der Waals surface area contributed by atoms with Gasteiger partial charge in [0.1, 0.15) is 5.75 Å². The summed E-state index contributed by atoms with van der Waals surface area (Å²) >= 11 is 1.58. The molecule has 1 saturated heterocycles. The normalized spacial score (nSPS) is 15.6. The Hall–Kier alpha value is -2.69. The molecule has 0 bridgehead atoms. The van der Waals surface area contributed by atoms with Crippen molar-refractivity contribution in [1.29, 1.82) is 5.26 Å². The number of ether oxygens (including phenoxy) is 1. The molecule has 164 valence electrons. The van der Waals surface area contributed by atoms with Crippen molar-refractivity contribution < 1.29 is 9.53 Å². The van der Waals surface area contributed by atoms with E-state index >= 15 is 0 Å². The molecule has 31 heavy (non-hydrogen) atoms. The van der Waals surface area contributed by atoms with Gasteiger partial charge in [-0.3, -0.25) is 4.90 Å². The van der Waals surface area contributed by atoms with Crippen LogP contribution < -0.4 is 15.4 Å². The number of nitrogens with one attached hydrogen (secondary N) is 2. The fourth-order valence-corrected chi connectivity index (χ4v) is 4.69. The van der Waals surface area contributed by atoms with Crippen LogP contribution >= 0.6 is 11.8 Å². The van der Waals surface area contributed by atoms with Gasteiger partial charge in [0.05, 0.1) is 30.8 Å². The Bertz CT molecular complexity index is 908. The SMILES string of the molecule is COc1ccccc1C(CNC(=O)Nc1ccccc1SCC(C)C#N)N1CCCC1. The Balaban J connectivity index is 1.66. The zero-order valence-electron chi connectivity index (χ0n) is 18.1. The van der Waals surface area contributed by atoms with E-state index in [0.717, 1.165) is 35.0 Å². The van der Waals surface area contributed by atoms with Crippen LogP contribution in [0.1, 0.15) is 31.4 Å². The summed E-state index contributed by atoms with van der Waals surface area (Å²) in [6.45, 7) is 4.42. The number of likely N-dealkylation sites (tertiary alicyclic amines) is 1. The molecule has 0 spiro atoms. The molecule has 0 aliphatic carbocycles. The lowest BCUT2D eigenvalue weighted by atomic mass is 10.0. The number of benzene rings is 2. The molecule has 6 nitrogen and oxygen atoms in total. The fraction of sp³-hybridized carbons (Fsp3) is 0.417. The number of para-hydroxylation sites is 2. The average Bonchev–Trinajstić information content (AvgIpc) is 3.33. The number of nitriles is 1. The van der Waals surface area contributed by atoms with Crippen molar-refractivity contribution in [3.63, 3.8) is 0 Å². The molecule has 2 aromatic carbocycles. The van der Waals surface area contributed by atoms with Crippen LogP contribution in [0.5, 0.6) is 5.75 Å². The third-order valence-electron chi connectivity index (χ3n) is 5.38. The molecule has 1 aliphatic rings. The van der Waals surface area contributed by atoms with Crippen molar-refractivity contribution in [3.8, 4) is 11.8 Å². The van der Waals surface area contributed by atoms with Gasteiger partial charge in [0.2, 0.25) is 0 Å². The molecule has 1 fully saturated rings. The summed E-state index contributed by atoms with van der Waals surface area (Å²) in [5, 5.41) is 15.0. The summed E-state index contributed by atoms with van der Waals surface area (Å²) in [5.41, 5.74) is 1.85. The summed E-state index contributed by atoms with van der Waals surface area (Å²) in [6, 6.07) is 17.8. The maximum Gasteiger partial charge on any atom is 0.319 e. The number of urea groups is 1. The molecule has 2 aromatic rings. The minimum Gasteiger partial charge on any atom is -0.496 e. The smallest absolute Gasteiger partial charge is 0.319 e. The lowest BCUT2D eigenvalue weighted by Crippen LogP contribution is -2.38. The Morgan fingerprint density at radius 2 is 1.90 bits per heavy atom. The van der Waals surface area contributed by atoms with Gasteiger partial charge in [-0.1, -0.05) is 30.3 Å². The number of nitrogens with zero attached hydrogens (tertiary/aromatic N) is 2. The Morgan fingerprint density at radius 3 is 2.65 bits per heavy atom. The second kappa shape index (κ2) is 11.6. The zero-order chi connectivity index (χ0) is 22.1. The van der Waals surface area contributed by atoms with Crippen molar-refractivity contribution in [2.75, 3.05) is 37.8 Å². The highest BCUT2D eigenvalue weighted by atomic mass is 32.2. The third kappa shape index (κ3) is 6.39. The van der Waals surface area contributed by atoms with E-state index in [9.17, 15) is 4.79 Å². The molecule has 3 rings (SSSR count). The molecule has 7 heteroatoms. The van der Waals surface area contributed by atoms with Crippen LogP contribution in [0.15, 0.2) is 53.4 Å². The monoisotopic (exact) mass is 438 g/mol. The quantitative estimate of drug-likeness (QED) is 0.544. The number of methoxy groups -OCH3 is 1. The maximum absolute atomic E-state index is 12.7. The van der Waals surface area contributed by atoms with Crippen LogP contribution in [0, 0.1) is 17.2 Å². The van der Waals surface area contributed by atoms with Crippen LogP contribution in [0.3, 0.4) is 0 Å². The first-order valence-corrected chi connectivity index (χ1v) is 11.6. The van der Waals surface area contributed by atoms with E-state index in [1.807, 2.05) is 49.4 Å². The lowest BCUT2D eigenvalue weighted by molar-refractivity contribution is 0.224. The molecule has 2 atom stereocenters. The number of carbonyl (C=O) groups is 1. The molecule has 1 heterocycles. The average molecular weight is 439 g/mol. The van der Waals surface area contributed by atoms with E-state index in [1.54, 1.807) is 18.9 Å². The van der Waals surface area contributed by atoms with E-state index in [-0.39, 0.29) is 18.0 Å². The van der Waals surface area contributed by atoms with Crippen molar-refractivity contribution >= 4 is 23.5 Å². The van der Waals surface area contributed by atoms with E-state index < -0.39 is 0 Å². The topological polar surface area (TPSA) is 77.4 Å². The van der Waals surface area contributed by atoms with Gasteiger partial charge in [-0.25, -0.2) is 4.79 Å². The number of anilines is 1. The molecular weight excluding hydrogens is 408 g/mol. The number of amides is 2. The van der Waals surface area contributed by atoms with Crippen LogP contribution in [0.2, 0.25) is 0 Å². The third-order valence-corrected chi connectivity index (χ3v) is 6.71. The first-order valence-electron chi connectivity index (χ1n) is 10.7. The first kappa shape index (κ1) is 23.0. The van der Waals surface area contributed by atoms with Crippen LogP contribution in [-0.2, 0) is 0 Å². The van der Waals surface area contributed by atoms with Gasteiger partial charge in [0.15, 0.2) is 0 Å². The van der Waals surface area contributed by atoms with Crippen LogP contribution in [0.25, 0.3) is 0 Å². The van der Waals surface area contributed by atoms with Gasteiger partial charge < -0.3 is 15.4 Å². The van der Waals surface area contributed by atoms with Crippen LogP contribution in [-0.4, -0.2) is 43.4 Å². The number of rotatable bonds is 9. The molecule has 2 unspecified atom stereocenters. The van der Waals surface area contributed by atoms with E-state index in [1.165, 1.54) is 12.8 Å². The highest BCUT2D eigenvalue weighted by Gasteiger charge is 2.26. The molecule has 1 aliphatic heterocycles. The summed E-state index contributed by atoms with van der Waals surface area (Å²) in [5.74, 6) is 1.48. The lowest BCUT2D eigenvalue weighted by Gasteiger charge is -2.29. The minimum absolute atomic E-state index is 0.0473. The standard InChI is InChI=1S/C24H30N4O2S/c1-18(15-25)17-31-23-12-6-4-10-20(23)27-24(29)26-16-21(28-13-7-8-14-28)19-9-3-5-11-22(19)30-2/h3-6,9-12,18,21H,7-8,13-14,16-17H2,1-2H3,(H2,26,27,29). The predicted molar refractivity (Wildman–Crippen MR) is 126 cm³/mol. The summed E-state index contributed by atoms with van der Waals surface area (Å²) in [7, 11) is 1.68. The zero-order valence-corrected chi connectivity index (χ0v) is 19.0. The molecule has 0 radical (unpaired) electrons. The second-order valence-electron chi connectivity index (χ2n) is 7.67. The second-order valence-corrected chi connectivity index (χ2v) is 8.73.